The first-order valence-electron chi connectivity index (χ1n) is 7.33. The first-order valence-corrected chi connectivity index (χ1v) is 8.12. The Labute approximate surface area is 141 Å². The quantitative estimate of drug-likeness (QED) is 0.861. The average molecular weight is 378 g/mol. The zero-order valence-electron chi connectivity index (χ0n) is 12.3. The molecule has 1 saturated heterocycles. The number of ether oxygens (including phenoxy) is 1. The number of carbonyl (C=O) groups excluding carboxylic acids is 1. The first-order chi connectivity index (χ1) is 11.0. The van der Waals surface area contributed by atoms with Gasteiger partial charge in [-0.3, -0.25) is 4.79 Å². The summed E-state index contributed by atoms with van der Waals surface area (Å²) in [5, 5.41) is 14.1. The van der Waals surface area contributed by atoms with Crippen LogP contribution in [0.4, 0.5) is 0 Å². The summed E-state index contributed by atoms with van der Waals surface area (Å²) < 4.78 is 6.18. The third kappa shape index (κ3) is 3.23. The Bertz CT molecular complexity index is 768. The van der Waals surface area contributed by atoms with E-state index in [1.54, 1.807) is 12.1 Å². The number of benzene rings is 2. The third-order valence-electron chi connectivity index (χ3n) is 4.17. The number of fused-ring (bicyclic) bond motifs is 1. The van der Waals surface area contributed by atoms with Crippen LogP contribution in [0.5, 0.6) is 0 Å². The molecule has 3 rings (SSSR count). The molecule has 1 amide bonds. The van der Waals surface area contributed by atoms with Crippen LogP contribution in [0, 0.1) is 0 Å². The molecular formula is C17H16BrNO4. The molecule has 2 aromatic carbocycles. The number of aliphatic carboxylic acids is 1. The van der Waals surface area contributed by atoms with Crippen LogP contribution >= 0.6 is 15.9 Å². The van der Waals surface area contributed by atoms with E-state index in [4.69, 9.17) is 4.74 Å². The molecule has 0 aliphatic carbocycles. The lowest BCUT2D eigenvalue weighted by Gasteiger charge is -2.33. The van der Waals surface area contributed by atoms with Gasteiger partial charge in [0.15, 0.2) is 0 Å². The zero-order valence-corrected chi connectivity index (χ0v) is 13.9. The molecule has 0 radical (unpaired) electrons. The number of carbonyl (C=O) groups is 2. The van der Waals surface area contributed by atoms with E-state index in [1.165, 1.54) is 0 Å². The van der Waals surface area contributed by atoms with Gasteiger partial charge in [0, 0.05) is 36.1 Å². The van der Waals surface area contributed by atoms with Crippen LogP contribution < -0.4 is 5.32 Å². The molecule has 0 spiro atoms. The van der Waals surface area contributed by atoms with Crippen LogP contribution in [0.3, 0.4) is 0 Å². The molecule has 2 N–H and O–H groups in total. The summed E-state index contributed by atoms with van der Waals surface area (Å²) in [6, 6.07) is 11.1. The highest BCUT2D eigenvalue weighted by atomic mass is 79.9. The SMILES string of the molecule is O=C(NC1(C(=O)O)CCOCC1)c1ccc2cc(Br)ccc2c1. The summed E-state index contributed by atoms with van der Waals surface area (Å²) >= 11 is 3.41. The number of hydrogen-bond acceptors (Lipinski definition) is 3. The van der Waals surface area contributed by atoms with E-state index in [-0.39, 0.29) is 18.7 Å². The van der Waals surface area contributed by atoms with Crippen molar-refractivity contribution < 1.29 is 19.4 Å². The van der Waals surface area contributed by atoms with E-state index >= 15 is 0 Å². The summed E-state index contributed by atoms with van der Waals surface area (Å²) in [5.41, 5.74) is -0.795. The maximum absolute atomic E-state index is 12.5. The fraction of sp³-hybridized carbons (Fsp3) is 0.294. The van der Waals surface area contributed by atoms with Crippen molar-refractivity contribution in [2.75, 3.05) is 13.2 Å². The van der Waals surface area contributed by atoms with Gasteiger partial charge in [-0.2, -0.15) is 0 Å². The van der Waals surface area contributed by atoms with E-state index in [2.05, 4.69) is 21.2 Å². The first kappa shape index (κ1) is 16.0. The summed E-state index contributed by atoms with van der Waals surface area (Å²) in [7, 11) is 0. The molecule has 0 aromatic heterocycles. The molecule has 5 nitrogen and oxygen atoms in total. The van der Waals surface area contributed by atoms with Crippen molar-refractivity contribution in [3.63, 3.8) is 0 Å². The van der Waals surface area contributed by atoms with Crippen molar-refractivity contribution in [1.29, 1.82) is 0 Å². The van der Waals surface area contributed by atoms with Crippen LogP contribution in [-0.4, -0.2) is 35.7 Å². The maximum atomic E-state index is 12.5. The highest BCUT2D eigenvalue weighted by molar-refractivity contribution is 9.10. The molecule has 2 aromatic rings. The summed E-state index contributed by atoms with van der Waals surface area (Å²) in [6.07, 6.45) is 0.545. The fourth-order valence-corrected chi connectivity index (χ4v) is 3.14. The van der Waals surface area contributed by atoms with Crippen molar-refractivity contribution in [1.82, 2.24) is 5.32 Å². The molecule has 1 fully saturated rings. The van der Waals surface area contributed by atoms with E-state index in [0.29, 0.717) is 18.8 Å². The number of carboxylic acids is 1. The van der Waals surface area contributed by atoms with Crippen LogP contribution in [0.25, 0.3) is 10.8 Å². The van der Waals surface area contributed by atoms with Crippen molar-refractivity contribution in [3.05, 3.63) is 46.4 Å². The van der Waals surface area contributed by atoms with Crippen LogP contribution in [0.2, 0.25) is 0 Å². The Morgan fingerprint density at radius 3 is 2.43 bits per heavy atom. The second-order valence-corrected chi connectivity index (χ2v) is 6.58. The fourth-order valence-electron chi connectivity index (χ4n) is 2.76. The van der Waals surface area contributed by atoms with Crippen LogP contribution in [0.1, 0.15) is 23.2 Å². The monoisotopic (exact) mass is 377 g/mol. The lowest BCUT2D eigenvalue weighted by molar-refractivity contribution is -0.148. The number of hydrogen-bond donors (Lipinski definition) is 2. The Balaban J connectivity index is 1.87. The van der Waals surface area contributed by atoms with Gasteiger partial charge in [0.1, 0.15) is 5.54 Å². The topological polar surface area (TPSA) is 75.6 Å². The zero-order chi connectivity index (χ0) is 16.4. The lowest BCUT2D eigenvalue weighted by atomic mass is 9.89. The van der Waals surface area contributed by atoms with E-state index in [0.717, 1.165) is 15.2 Å². The van der Waals surface area contributed by atoms with Crippen molar-refractivity contribution in [2.24, 2.45) is 0 Å². The Hall–Kier alpha value is -1.92. The Morgan fingerprint density at radius 2 is 1.74 bits per heavy atom. The Kier molecular flexibility index (Phi) is 4.37. The normalized spacial score (nSPS) is 16.9. The number of amides is 1. The maximum Gasteiger partial charge on any atom is 0.329 e. The minimum Gasteiger partial charge on any atom is -0.480 e. The molecule has 0 unspecified atom stereocenters. The number of carboxylic acid groups (broad SMARTS) is 1. The Morgan fingerprint density at radius 1 is 1.09 bits per heavy atom. The predicted molar refractivity (Wildman–Crippen MR) is 89.5 cm³/mol. The summed E-state index contributed by atoms with van der Waals surface area (Å²) in [4.78, 5) is 24.1. The molecule has 1 heterocycles. The second kappa shape index (κ2) is 6.29. The van der Waals surface area contributed by atoms with Gasteiger partial charge in [-0.15, -0.1) is 0 Å². The molecule has 120 valence electrons. The predicted octanol–water partition coefficient (Wildman–Crippen LogP) is 2.97. The second-order valence-electron chi connectivity index (χ2n) is 5.66. The van der Waals surface area contributed by atoms with Gasteiger partial charge in [-0.05, 0) is 35.0 Å². The van der Waals surface area contributed by atoms with Gasteiger partial charge in [0.2, 0.25) is 0 Å². The van der Waals surface area contributed by atoms with Gasteiger partial charge < -0.3 is 15.2 Å². The highest BCUT2D eigenvalue weighted by Gasteiger charge is 2.41. The third-order valence-corrected chi connectivity index (χ3v) is 4.67. The number of halogens is 1. The van der Waals surface area contributed by atoms with Gasteiger partial charge in [0.25, 0.3) is 5.91 Å². The van der Waals surface area contributed by atoms with E-state index in [9.17, 15) is 14.7 Å². The average Bonchev–Trinajstić information content (AvgIpc) is 2.55. The standard InChI is InChI=1S/C17H16BrNO4/c18-14-4-3-11-9-13(2-1-12(11)10-14)15(20)19-17(16(21)22)5-7-23-8-6-17/h1-4,9-10H,5-8H2,(H,19,20)(H,21,22). The molecule has 6 heteroatoms. The van der Waals surface area contributed by atoms with Gasteiger partial charge >= 0.3 is 5.97 Å². The molecule has 0 bridgehead atoms. The number of rotatable bonds is 3. The molecule has 1 aliphatic heterocycles. The summed E-state index contributed by atoms with van der Waals surface area (Å²) in [5.74, 6) is -1.39. The van der Waals surface area contributed by atoms with E-state index in [1.807, 2.05) is 24.3 Å². The largest absolute Gasteiger partial charge is 0.480 e. The molecular weight excluding hydrogens is 362 g/mol. The van der Waals surface area contributed by atoms with Gasteiger partial charge in [-0.25, -0.2) is 4.79 Å². The lowest BCUT2D eigenvalue weighted by Crippen LogP contribution is -2.57. The minimum atomic E-state index is -1.25. The van der Waals surface area contributed by atoms with Crippen molar-refractivity contribution in [3.8, 4) is 0 Å². The van der Waals surface area contributed by atoms with Crippen LogP contribution in [-0.2, 0) is 9.53 Å². The van der Waals surface area contributed by atoms with Crippen molar-refractivity contribution in [2.45, 2.75) is 18.4 Å². The molecule has 23 heavy (non-hydrogen) atoms. The van der Waals surface area contributed by atoms with Crippen molar-refractivity contribution >= 4 is 38.6 Å². The molecule has 0 atom stereocenters. The summed E-state index contributed by atoms with van der Waals surface area (Å²) in [6.45, 7) is 0.663. The highest BCUT2D eigenvalue weighted by Crippen LogP contribution is 2.24. The molecule has 0 saturated carbocycles. The number of nitrogens with one attached hydrogen (secondary N) is 1. The minimum absolute atomic E-state index is 0.272. The van der Waals surface area contributed by atoms with Crippen LogP contribution in [0.15, 0.2) is 40.9 Å². The van der Waals surface area contributed by atoms with Gasteiger partial charge in [0.05, 0.1) is 0 Å². The van der Waals surface area contributed by atoms with E-state index < -0.39 is 11.5 Å². The molecule has 1 aliphatic rings. The van der Waals surface area contributed by atoms with Gasteiger partial charge in [-0.1, -0.05) is 28.1 Å². The smallest absolute Gasteiger partial charge is 0.329 e.